The van der Waals surface area contributed by atoms with Gasteiger partial charge in [0.25, 0.3) is 5.91 Å². The minimum Gasteiger partial charge on any atom is -0.494 e. The molecule has 0 spiro atoms. The van der Waals surface area contributed by atoms with Crippen molar-refractivity contribution in [3.8, 4) is 22.9 Å². The van der Waals surface area contributed by atoms with E-state index in [2.05, 4.69) is 20.8 Å². The second-order valence-electron chi connectivity index (χ2n) is 6.80. The van der Waals surface area contributed by atoms with E-state index in [1.54, 1.807) is 24.3 Å². The number of amides is 1. The molecule has 0 radical (unpaired) electrons. The van der Waals surface area contributed by atoms with Crippen molar-refractivity contribution in [2.45, 2.75) is 13.8 Å². The van der Waals surface area contributed by atoms with Crippen molar-refractivity contribution >= 4 is 34.7 Å². The lowest BCUT2D eigenvalue weighted by Gasteiger charge is -2.15. The molecule has 0 saturated carbocycles. The summed E-state index contributed by atoms with van der Waals surface area (Å²) >= 11 is 1.51. The monoisotopic (exact) mass is 461 g/mol. The largest absolute Gasteiger partial charge is 0.494 e. The first-order valence-corrected chi connectivity index (χ1v) is 11.4. The first kappa shape index (κ1) is 22.2. The number of benzene rings is 2. The summed E-state index contributed by atoms with van der Waals surface area (Å²) < 4.78 is 12.7. The van der Waals surface area contributed by atoms with Gasteiger partial charge in [-0.2, -0.15) is 4.68 Å². The third kappa shape index (κ3) is 5.27. The van der Waals surface area contributed by atoms with Crippen LogP contribution in [0.25, 0.3) is 23.2 Å². The fourth-order valence-electron chi connectivity index (χ4n) is 3.18. The lowest BCUT2D eigenvalue weighted by Crippen LogP contribution is -2.20. The van der Waals surface area contributed by atoms with Crippen molar-refractivity contribution in [3.63, 3.8) is 0 Å². The molecule has 4 rings (SSSR count). The van der Waals surface area contributed by atoms with Gasteiger partial charge in [0.15, 0.2) is 5.82 Å². The molecule has 0 saturated heterocycles. The van der Waals surface area contributed by atoms with E-state index in [9.17, 15) is 4.79 Å². The molecule has 0 aliphatic carbocycles. The Morgan fingerprint density at radius 1 is 1.06 bits per heavy atom. The Balaban J connectivity index is 1.74. The number of hydrogen-bond acceptors (Lipinski definition) is 7. The van der Waals surface area contributed by atoms with Gasteiger partial charge in [0, 0.05) is 16.5 Å². The van der Waals surface area contributed by atoms with Crippen LogP contribution in [0.15, 0.2) is 66.0 Å². The Morgan fingerprint density at radius 2 is 1.88 bits per heavy atom. The molecule has 8 nitrogen and oxygen atoms in total. The summed E-state index contributed by atoms with van der Waals surface area (Å²) in [6.45, 7) is 4.76. The zero-order valence-corrected chi connectivity index (χ0v) is 19.1. The normalized spacial score (nSPS) is 11.3. The Bertz CT molecular complexity index is 1240. The van der Waals surface area contributed by atoms with Crippen LogP contribution in [-0.2, 0) is 4.79 Å². The average molecular weight is 462 g/mol. The lowest BCUT2D eigenvalue weighted by atomic mass is 10.2. The Labute approximate surface area is 195 Å². The van der Waals surface area contributed by atoms with Gasteiger partial charge in [-0.05, 0) is 53.9 Å². The van der Waals surface area contributed by atoms with E-state index in [-0.39, 0.29) is 11.6 Å². The molecule has 168 valence electrons. The second-order valence-corrected chi connectivity index (χ2v) is 7.78. The van der Waals surface area contributed by atoms with E-state index in [1.165, 1.54) is 16.0 Å². The van der Waals surface area contributed by atoms with Crippen LogP contribution < -0.4 is 14.8 Å². The van der Waals surface area contributed by atoms with E-state index in [0.29, 0.717) is 36.2 Å². The number of carbonyl (C=O) groups excluding carboxylic acids is 1. The number of thiophene rings is 1. The van der Waals surface area contributed by atoms with Crippen molar-refractivity contribution in [1.29, 1.82) is 0 Å². The third-order valence-electron chi connectivity index (χ3n) is 4.59. The van der Waals surface area contributed by atoms with E-state index in [1.807, 2.05) is 61.7 Å². The summed E-state index contributed by atoms with van der Waals surface area (Å²) in [6, 6.07) is 18.6. The van der Waals surface area contributed by atoms with Crippen LogP contribution in [0, 0.1) is 0 Å². The maximum absolute atomic E-state index is 13.6. The van der Waals surface area contributed by atoms with Gasteiger partial charge in [0.05, 0.1) is 18.9 Å². The van der Waals surface area contributed by atoms with Crippen molar-refractivity contribution in [1.82, 2.24) is 20.2 Å². The van der Waals surface area contributed by atoms with Crippen LogP contribution in [0.4, 0.5) is 5.69 Å². The molecule has 33 heavy (non-hydrogen) atoms. The van der Waals surface area contributed by atoms with Crippen LogP contribution in [0.5, 0.6) is 11.5 Å². The van der Waals surface area contributed by atoms with E-state index >= 15 is 0 Å². The number of anilines is 1. The van der Waals surface area contributed by atoms with Gasteiger partial charge >= 0.3 is 0 Å². The number of carbonyl (C=O) groups is 1. The molecule has 0 fully saturated rings. The highest BCUT2D eigenvalue weighted by Gasteiger charge is 2.21. The second kappa shape index (κ2) is 10.6. The maximum atomic E-state index is 13.6. The third-order valence-corrected chi connectivity index (χ3v) is 5.41. The zero-order chi connectivity index (χ0) is 23.0. The molecular weight excluding hydrogens is 438 g/mol. The predicted octanol–water partition coefficient (Wildman–Crippen LogP) is 4.84. The summed E-state index contributed by atoms with van der Waals surface area (Å²) in [4.78, 5) is 14.5. The van der Waals surface area contributed by atoms with Gasteiger partial charge in [0.1, 0.15) is 17.2 Å². The molecule has 0 aliphatic heterocycles. The van der Waals surface area contributed by atoms with Gasteiger partial charge < -0.3 is 14.8 Å². The van der Waals surface area contributed by atoms with Crippen LogP contribution in [-0.4, -0.2) is 39.3 Å². The average Bonchev–Trinajstić information content (AvgIpc) is 3.52. The number of ether oxygens (including phenoxy) is 2. The van der Waals surface area contributed by atoms with Gasteiger partial charge in [-0.3, -0.25) is 4.79 Å². The number of nitrogens with one attached hydrogen (secondary N) is 1. The standard InChI is InChI=1S/C24H23N5O3S/c1-3-31-18-12-13-22(32-4-2)20(15-18)25-24(30)21(16-19-11-8-14-33-19)29-23(26-27-28-29)17-9-6-5-7-10-17/h5-16H,3-4H2,1-2H3,(H,25,30)/b21-16-. The zero-order valence-electron chi connectivity index (χ0n) is 18.3. The first-order chi connectivity index (χ1) is 16.2. The Hall–Kier alpha value is -3.98. The smallest absolute Gasteiger partial charge is 0.274 e. The quantitative estimate of drug-likeness (QED) is 0.359. The number of nitrogens with zero attached hydrogens (tertiary/aromatic N) is 4. The van der Waals surface area contributed by atoms with Gasteiger partial charge in [-0.1, -0.05) is 36.4 Å². The molecule has 2 aromatic heterocycles. The number of tetrazole rings is 1. The molecule has 0 atom stereocenters. The summed E-state index contributed by atoms with van der Waals surface area (Å²) in [7, 11) is 0. The van der Waals surface area contributed by atoms with Crippen LogP contribution >= 0.6 is 11.3 Å². The molecule has 0 bridgehead atoms. The number of hydrogen-bond donors (Lipinski definition) is 1. The molecule has 1 amide bonds. The Morgan fingerprint density at radius 3 is 2.61 bits per heavy atom. The van der Waals surface area contributed by atoms with Gasteiger partial charge in [-0.15, -0.1) is 16.4 Å². The number of aromatic nitrogens is 4. The molecule has 4 aromatic rings. The van der Waals surface area contributed by atoms with Crippen LogP contribution in [0.2, 0.25) is 0 Å². The molecule has 9 heteroatoms. The van der Waals surface area contributed by atoms with Crippen molar-refractivity contribution in [3.05, 3.63) is 70.9 Å². The highest BCUT2D eigenvalue weighted by Crippen LogP contribution is 2.31. The number of rotatable bonds is 9. The van der Waals surface area contributed by atoms with Crippen molar-refractivity contribution in [2.75, 3.05) is 18.5 Å². The van der Waals surface area contributed by atoms with Crippen molar-refractivity contribution < 1.29 is 14.3 Å². The first-order valence-electron chi connectivity index (χ1n) is 10.5. The van der Waals surface area contributed by atoms with E-state index < -0.39 is 0 Å². The topological polar surface area (TPSA) is 91.2 Å². The highest BCUT2D eigenvalue weighted by molar-refractivity contribution is 7.10. The summed E-state index contributed by atoms with van der Waals surface area (Å²) in [5.41, 5.74) is 1.56. The SMILES string of the molecule is CCOc1ccc(OCC)c(NC(=O)/C(=C/c2cccs2)n2nnnc2-c2ccccc2)c1. The molecule has 0 aliphatic rings. The summed E-state index contributed by atoms with van der Waals surface area (Å²) in [5.74, 6) is 1.25. The van der Waals surface area contributed by atoms with Crippen LogP contribution in [0.3, 0.4) is 0 Å². The van der Waals surface area contributed by atoms with E-state index in [0.717, 1.165) is 10.4 Å². The fourth-order valence-corrected chi connectivity index (χ4v) is 3.83. The minimum absolute atomic E-state index is 0.269. The summed E-state index contributed by atoms with van der Waals surface area (Å²) in [6.07, 6.45) is 1.76. The van der Waals surface area contributed by atoms with Crippen LogP contribution in [0.1, 0.15) is 18.7 Å². The minimum atomic E-state index is -0.387. The molecule has 0 unspecified atom stereocenters. The fraction of sp³-hybridized carbons (Fsp3) is 0.167. The predicted molar refractivity (Wildman–Crippen MR) is 129 cm³/mol. The Kier molecular flexibility index (Phi) is 7.11. The molecular formula is C24H23N5O3S. The van der Waals surface area contributed by atoms with Gasteiger partial charge in [-0.25, -0.2) is 0 Å². The van der Waals surface area contributed by atoms with Gasteiger partial charge in [0.2, 0.25) is 0 Å². The highest BCUT2D eigenvalue weighted by atomic mass is 32.1. The maximum Gasteiger partial charge on any atom is 0.274 e. The molecule has 1 N–H and O–H groups in total. The lowest BCUT2D eigenvalue weighted by molar-refractivity contribution is -0.111. The molecule has 2 aromatic carbocycles. The van der Waals surface area contributed by atoms with Crippen molar-refractivity contribution in [2.24, 2.45) is 0 Å². The molecule has 2 heterocycles. The summed E-state index contributed by atoms with van der Waals surface area (Å²) in [5, 5.41) is 17.0. The van der Waals surface area contributed by atoms with E-state index in [4.69, 9.17) is 9.47 Å².